The smallest absolute Gasteiger partial charge is 0.263 e. The van der Waals surface area contributed by atoms with Crippen LogP contribution in [0.15, 0.2) is 35.6 Å². The fourth-order valence-electron chi connectivity index (χ4n) is 1.62. The van der Waals surface area contributed by atoms with E-state index in [0.717, 1.165) is 0 Å². The van der Waals surface area contributed by atoms with Crippen LogP contribution < -0.4 is 10.0 Å². The monoisotopic (exact) mass is 311 g/mol. The van der Waals surface area contributed by atoms with Crippen molar-refractivity contribution in [3.8, 4) is 0 Å². The lowest BCUT2D eigenvalue weighted by molar-refractivity contribution is 0.183. The average Bonchev–Trinajstić information content (AvgIpc) is 2.92. The minimum atomic E-state index is -3.67. The molecular formula is C12H17N5O3S. The molecule has 0 spiro atoms. The summed E-state index contributed by atoms with van der Waals surface area (Å²) in [7, 11) is -0.367. The first-order chi connectivity index (χ1) is 10.0. The molecule has 0 aliphatic heterocycles. The van der Waals surface area contributed by atoms with Gasteiger partial charge in [0.1, 0.15) is 10.7 Å². The molecule has 114 valence electrons. The van der Waals surface area contributed by atoms with Gasteiger partial charge in [0.05, 0.1) is 25.0 Å². The zero-order valence-corrected chi connectivity index (χ0v) is 12.6. The number of methoxy groups -OCH3 is 1. The molecule has 2 N–H and O–H groups in total. The van der Waals surface area contributed by atoms with E-state index in [9.17, 15) is 8.42 Å². The molecular weight excluding hydrogens is 294 g/mol. The molecule has 0 atom stereocenters. The maximum Gasteiger partial charge on any atom is 0.263 e. The van der Waals surface area contributed by atoms with Gasteiger partial charge in [0, 0.05) is 26.6 Å². The highest BCUT2D eigenvalue weighted by molar-refractivity contribution is 7.92. The van der Waals surface area contributed by atoms with Gasteiger partial charge in [-0.15, -0.1) is 0 Å². The molecule has 0 unspecified atom stereocenters. The Morgan fingerprint density at radius 1 is 1.33 bits per heavy atom. The summed E-state index contributed by atoms with van der Waals surface area (Å²) in [4.78, 5) is 4.07. The molecule has 0 aromatic carbocycles. The summed E-state index contributed by atoms with van der Waals surface area (Å²) in [6.07, 6.45) is 4.35. The summed E-state index contributed by atoms with van der Waals surface area (Å²) in [5, 5.41) is 6.87. The fraction of sp³-hybridized carbons (Fsp3) is 0.333. The lowest BCUT2D eigenvalue weighted by Crippen LogP contribution is -2.13. The summed E-state index contributed by atoms with van der Waals surface area (Å²) in [5.74, 6) is 0.598. The number of anilines is 2. The van der Waals surface area contributed by atoms with Crippen molar-refractivity contribution in [2.45, 2.75) is 11.4 Å². The quantitative estimate of drug-likeness (QED) is 0.783. The highest BCUT2D eigenvalue weighted by Gasteiger charge is 2.15. The highest BCUT2D eigenvalue weighted by Crippen LogP contribution is 2.15. The summed E-state index contributed by atoms with van der Waals surface area (Å²) in [5.41, 5.74) is 0.392. The first-order valence-electron chi connectivity index (χ1n) is 6.23. The number of nitrogens with one attached hydrogen (secondary N) is 2. The first-order valence-corrected chi connectivity index (χ1v) is 7.71. The van der Waals surface area contributed by atoms with Gasteiger partial charge in [-0.25, -0.2) is 13.4 Å². The van der Waals surface area contributed by atoms with Gasteiger partial charge in [0.2, 0.25) is 0 Å². The van der Waals surface area contributed by atoms with Crippen LogP contribution in [-0.2, 0) is 21.3 Å². The van der Waals surface area contributed by atoms with Gasteiger partial charge in [-0.05, 0) is 12.1 Å². The summed E-state index contributed by atoms with van der Waals surface area (Å²) in [6.45, 7) is 1.06. The molecule has 21 heavy (non-hydrogen) atoms. The highest BCUT2D eigenvalue weighted by atomic mass is 32.2. The van der Waals surface area contributed by atoms with Crippen LogP contribution in [0.5, 0.6) is 0 Å². The Balaban J connectivity index is 2.10. The second-order valence-electron chi connectivity index (χ2n) is 4.22. The molecule has 0 saturated carbocycles. The van der Waals surface area contributed by atoms with Crippen LogP contribution in [0.4, 0.5) is 11.5 Å². The van der Waals surface area contributed by atoms with Crippen molar-refractivity contribution in [2.24, 2.45) is 0 Å². The molecule has 0 aliphatic rings. The zero-order chi connectivity index (χ0) is 15.3. The normalized spacial score (nSPS) is 11.3. The van der Waals surface area contributed by atoms with Crippen LogP contribution in [0.3, 0.4) is 0 Å². The van der Waals surface area contributed by atoms with Crippen molar-refractivity contribution >= 4 is 21.5 Å². The van der Waals surface area contributed by atoms with Gasteiger partial charge in [-0.3, -0.25) is 9.40 Å². The molecule has 0 bridgehead atoms. The Bertz CT molecular complexity index is 681. The van der Waals surface area contributed by atoms with E-state index in [1.54, 1.807) is 31.1 Å². The van der Waals surface area contributed by atoms with Crippen molar-refractivity contribution in [2.75, 3.05) is 30.8 Å². The summed E-state index contributed by atoms with van der Waals surface area (Å²) < 4.78 is 33.4. The van der Waals surface area contributed by atoms with E-state index in [0.29, 0.717) is 24.7 Å². The standard InChI is InChI=1S/C12H17N5O3S/c1-13-12-4-3-11(8-14-12)21(18,19)16-10-7-15-17(9-10)5-6-20-2/h3-4,7-9,16H,5-6H2,1-2H3,(H,13,14). The maximum absolute atomic E-state index is 12.2. The molecule has 8 nitrogen and oxygen atoms in total. The van der Waals surface area contributed by atoms with Gasteiger partial charge in [-0.2, -0.15) is 5.10 Å². The number of rotatable bonds is 7. The van der Waals surface area contributed by atoms with Gasteiger partial charge in [0.15, 0.2) is 0 Å². The minimum absolute atomic E-state index is 0.0890. The number of aromatic nitrogens is 3. The van der Waals surface area contributed by atoms with Crippen LogP contribution >= 0.6 is 0 Å². The minimum Gasteiger partial charge on any atom is -0.383 e. The van der Waals surface area contributed by atoms with Gasteiger partial charge in [-0.1, -0.05) is 0 Å². The average molecular weight is 311 g/mol. The molecule has 0 fully saturated rings. The molecule has 2 aromatic heterocycles. The van der Waals surface area contributed by atoms with Crippen LogP contribution in [-0.4, -0.2) is 43.9 Å². The number of ether oxygens (including phenoxy) is 1. The van der Waals surface area contributed by atoms with E-state index in [2.05, 4.69) is 20.1 Å². The van der Waals surface area contributed by atoms with E-state index in [4.69, 9.17) is 4.74 Å². The Kier molecular flexibility index (Phi) is 4.76. The number of nitrogens with zero attached hydrogens (tertiary/aromatic N) is 3. The van der Waals surface area contributed by atoms with E-state index >= 15 is 0 Å². The largest absolute Gasteiger partial charge is 0.383 e. The molecule has 2 heterocycles. The van der Waals surface area contributed by atoms with Gasteiger partial charge in [0.25, 0.3) is 10.0 Å². The third-order valence-electron chi connectivity index (χ3n) is 2.71. The Morgan fingerprint density at radius 2 is 2.14 bits per heavy atom. The van der Waals surface area contributed by atoms with Gasteiger partial charge < -0.3 is 10.1 Å². The Morgan fingerprint density at radius 3 is 2.76 bits per heavy atom. The van der Waals surface area contributed by atoms with Crippen molar-refractivity contribution in [3.63, 3.8) is 0 Å². The molecule has 2 aromatic rings. The third kappa shape index (κ3) is 3.92. The number of hydrogen-bond donors (Lipinski definition) is 2. The van der Waals surface area contributed by atoms with Crippen LogP contribution in [0.2, 0.25) is 0 Å². The molecule has 9 heteroatoms. The first kappa shape index (κ1) is 15.3. The van der Waals surface area contributed by atoms with Gasteiger partial charge >= 0.3 is 0 Å². The zero-order valence-electron chi connectivity index (χ0n) is 11.8. The lowest BCUT2D eigenvalue weighted by atomic mass is 10.5. The summed E-state index contributed by atoms with van der Waals surface area (Å²) in [6, 6.07) is 3.08. The van der Waals surface area contributed by atoms with Crippen molar-refractivity contribution in [1.29, 1.82) is 0 Å². The predicted octanol–water partition coefficient (Wildman–Crippen LogP) is 0.767. The van der Waals surface area contributed by atoms with Crippen LogP contribution in [0.25, 0.3) is 0 Å². The van der Waals surface area contributed by atoms with E-state index in [1.807, 2.05) is 0 Å². The van der Waals surface area contributed by atoms with Crippen molar-refractivity contribution in [3.05, 3.63) is 30.7 Å². The molecule has 0 saturated heterocycles. The fourth-order valence-corrected chi connectivity index (χ4v) is 2.60. The predicted molar refractivity (Wildman–Crippen MR) is 78.7 cm³/mol. The maximum atomic E-state index is 12.2. The topological polar surface area (TPSA) is 98.1 Å². The number of sulfonamides is 1. The number of hydrogen-bond acceptors (Lipinski definition) is 6. The van der Waals surface area contributed by atoms with E-state index in [-0.39, 0.29) is 4.90 Å². The molecule has 0 radical (unpaired) electrons. The number of pyridine rings is 1. The second kappa shape index (κ2) is 6.55. The van der Waals surface area contributed by atoms with E-state index in [1.165, 1.54) is 18.5 Å². The van der Waals surface area contributed by atoms with Crippen molar-refractivity contribution in [1.82, 2.24) is 14.8 Å². The lowest BCUT2D eigenvalue weighted by Gasteiger charge is -2.06. The molecule has 2 rings (SSSR count). The van der Waals surface area contributed by atoms with E-state index < -0.39 is 10.0 Å². The Hall–Kier alpha value is -2.13. The summed E-state index contributed by atoms with van der Waals surface area (Å²) >= 11 is 0. The Labute approximate surface area is 123 Å². The second-order valence-corrected chi connectivity index (χ2v) is 5.90. The van der Waals surface area contributed by atoms with Crippen LogP contribution in [0.1, 0.15) is 0 Å². The third-order valence-corrected chi connectivity index (χ3v) is 4.08. The SMILES string of the molecule is CNc1ccc(S(=O)(=O)Nc2cnn(CCOC)c2)cn1. The van der Waals surface area contributed by atoms with Crippen molar-refractivity contribution < 1.29 is 13.2 Å². The molecule has 0 aliphatic carbocycles. The van der Waals surface area contributed by atoms with Crippen LogP contribution in [0, 0.1) is 0 Å². The molecule has 0 amide bonds.